The molecule has 0 spiro atoms. The average molecular weight is 269 g/mol. The summed E-state index contributed by atoms with van der Waals surface area (Å²) < 4.78 is 5.15. The first-order chi connectivity index (χ1) is 8.74. The van der Waals surface area contributed by atoms with Crippen molar-refractivity contribution in [2.45, 2.75) is 19.4 Å². The molecule has 0 atom stereocenters. The molecule has 0 unspecified atom stereocenters. The van der Waals surface area contributed by atoms with Crippen molar-refractivity contribution in [3.05, 3.63) is 16.1 Å². The van der Waals surface area contributed by atoms with Gasteiger partial charge in [-0.25, -0.2) is 4.98 Å². The third-order valence-electron chi connectivity index (χ3n) is 3.25. The number of hydrogen-bond acceptors (Lipinski definition) is 5. The third kappa shape index (κ3) is 3.07. The Balaban J connectivity index is 1.91. The van der Waals surface area contributed by atoms with Gasteiger partial charge in [0, 0.05) is 38.7 Å². The second-order valence-corrected chi connectivity index (χ2v) is 5.46. The second-order valence-electron chi connectivity index (χ2n) is 4.52. The molecule has 5 nitrogen and oxygen atoms in total. The van der Waals surface area contributed by atoms with Gasteiger partial charge < -0.3 is 15.4 Å². The first-order valence-electron chi connectivity index (χ1n) is 6.17. The van der Waals surface area contributed by atoms with Crippen LogP contribution < -0.4 is 5.73 Å². The maximum atomic E-state index is 12.2. The molecule has 2 rings (SSSR count). The zero-order valence-corrected chi connectivity index (χ0v) is 11.4. The summed E-state index contributed by atoms with van der Waals surface area (Å²) >= 11 is 1.45. The van der Waals surface area contributed by atoms with Gasteiger partial charge in [-0.1, -0.05) is 0 Å². The normalized spacial score (nSPS) is 17.1. The molecule has 0 aromatic carbocycles. The maximum absolute atomic E-state index is 12.2. The number of carbonyl (C=O) groups is 1. The molecule has 18 heavy (non-hydrogen) atoms. The molecule has 0 radical (unpaired) electrons. The van der Waals surface area contributed by atoms with Crippen molar-refractivity contribution < 1.29 is 9.53 Å². The summed E-state index contributed by atoms with van der Waals surface area (Å²) in [6.07, 6.45) is 2.01. The fraction of sp³-hybridized carbons (Fsp3) is 0.667. The lowest BCUT2D eigenvalue weighted by Crippen LogP contribution is -2.39. The van der Waals surface area contributed by atoms with Gasteiger partial charge in [0.05, 0.1) is 0 Å². The van der Waals surface area contributed by atoms with E-state index in [2.05, 4.69) is 4.98 Å². The lowest BCUT2D eigenvalue weighted by Gasteiger charge is -2.31. The number of nitrogens with two attached hydrogens (primary N) is 1. The molecular weight excluding hydrogens is 250 g/mol. The van der Waals surface area contributed by atoms with E-state index < -0.39 is 0 Å². The molecule has 0 aliphatic carbocycles. The van der Waals surface area contributed by atoms with E-state index in [1.54, 1.807) is 12.5 Å². The van der Waals surface area contributed by atoms with Crippen LogP contribution in [0.3, 0.4) is 0 Å². The molecule has 1 aliphatic rings. The van der Waals surface area contributed by atoms with Gasteiger partial charge in [0.2, 0.25) is 0 Å². The highest BCUT2D eigenvalue weighted by molar-refractivity contribution is 7.09. The predicted octanol–water partition coefficient (Wildman–Crippen LogP) is 1.10. The molecule has 2 heterocycles. The monoisotopic (exact) mass is 269 g/mol. The number of likely N-dealkylation sites (tertiary alicyclic amines) is 1. The van der Waals surface area contributed by atoms with Crippen LogP contribution in [0.25, 0.3) is 0 Å². The molecule has 0 saturated carbocycles. The molecule has 6 heteroatoms. The predicted molar refractivity (Wildman–Crippen MR) is 70.5 cm³/mol. The van der Waals surface area contributed by atoms with Crippen molar-refractivity contribution >= 4 is 17.2 Å². The lowest BCUT2D eigenvalue weighted by molar-refractivity contribution is 0.0609. The minimum atomic E-state index is 0.0295. The number of piperidine rings is 1. The first kappa shape index (κ1) is 13.5. The molecule has 1 saturated heterocycles. The topological polar surface area (TPSA) is 68.5 Å². The summed E-state index contributed by atoms with van der Waals surface area (Å²) in [5, 5.41) is 2.61. The van der Waals surface area contributed by atoms with Crippen LogP contribution in [0, 0.1) is 5.92 Å². The quantitative estimate of drug-likeness (QED) is 0.888. The Labute approximate surface area is 111 Å². The van der Waals surface area contributed by atoms with E-state index >= 15 is 0 Å². The standard InChI is InChI=1S/C12H19N3O2S/c1-17-7-9-2-4-15(5-3-9)12(16)10-8-18-11(6-13)14-10/h8-9H,2-7,13H2,1H3. The van der Waals surface area contributed by atoms with E-state index in [9.17, 15) is 4.79 Å². The van der Waals surface area contributed by atoms with E-state index in [-0.39, 0.29) is 5.91 Å². The van der Waals surface area contributed by atoms with Gasteiger partial charge >= 0.3 is 0 Å². The molecule has 1 aliphatic heterocycles. The van der Waals surface area contributed by atoms with E-state index in [0.29, 0.717) is 18.2 Å². The molecular formula is C12H19N3O2S. The van der Waals surface area contributed by atoms with Gasteiger partial charge in [-0.3, -0.25) is 4.79 Å². The summed E-state index contributed by atoms with van der Waals surface area (Å²) in [4.78, 5) is 18.3. The second kappa shape index (κ2) is 6.26. The molecule has 1 aromatic rings. The highest BCUT2D eigenvalue weighted by Crippen LogP contribution is 2.20. The van der Waals surface area contributed by atoms with Crippen LogP contribution >= 0.6 is 11.3 Å². The number of nitrogens with zero attached hydrogens (tertiary/aromatic N) is 2. The Morgan fingerprint density at radius 1 is 1.61 bits per heavy atom. The Hall–Kier alpha value is -0.980. The zero-order valence-electron chi connectivity index (χ0n) is 10.6. The highest BCUT2D eigenvalue weighted by atomic mass is 32.1. The Morgan fingerprint density at radius 2 is 2.33 bits per heavy atom. The smallest absolute Gasteiger partial charge is 0.273 e. The number of rotatable bonds is 4. The van der Waals surface area contributed by atoms with E-state index in [0.717, 1.165) is 37.5 Å². The van der Waals surface area contributed by atoms with E-state index in [1.807, 2.05) is 4.90 Å². The SMILES string of the molecule is COCC1CCN(C(=O)c2csc(CN)n2)CC1. The van der Waals surface area contributed by atoms with Gasteiger partial charge in [0.1, 0.15) is 10.7 Å². The Kier molecular flexibility index (Phi) is 4.68. The summed E-state index contributed by atoms with van der Waals surface area (Å²) in [7, 11) is 1.72. The molecule has 1 aromatic heterocycles. The zero-order chi connectivity index (χ0) is 13.0. The highest BCUT2D eigenvalue weighted by Gasteiger charge is 2.24. The van der Waals surface area contributed by atoms with Crippen LogP contribution in [0.15, 0.2) is 5.38 Å². The Bertz CT molecular complexity index is 400. The van der Waals surface area contributed by atoms with Crippen molar-refractivity contribution in [3.8, 4) is 0 Å². The first-order valence-corrected chi connectivity index (χ1v) is 7.05. The molecule has 1 fully saturated rings. The summed E-state index contributed by atoms with van der Waals surface area (Å²) in [6, 6.07) is 0. The van der Waals surface area contributed by atoms with Crippen LogP contribution in [0.2, 0.25) is 0 Å². The number of carbonyl (C=O) groups excluding carboxylic acids is 1. The molecule has 2 N–H and O–H groups in total. The number of thiazole rings is 1. The number of methoxy groups -OCH3 is 1. The number of ether oxygens (including phenoxy) is 1. The van der Waals surface area contributed by atoms with Gasteiger partial charge in [0.15, 0.2) is 0 Å². The summed E-state index contributed by atoms with van der Waals surface area (Å²) in [5.41, 5.74) is 6.04. The van der Waals surface area contributed by atoms with E-state index in [1.165, 1.54) is 11.3 Å². The number of aromatic nitrogens is 1. The fourth-order valence-corrected chi connectivity index (χ4v) is 2.85. The van der Waals surface area contributed by atoms with Crippen LogP contribution in [0.1, 0.15) is 28.3 Å². The van der Waals surface area contributed by atoms with Crippen molar-refractivity contribution in [1.29, 1.82) is 0 Å². The van der Waals surface area contributed by atoms with Crippen LogP contribution in [0.5, 0.6) is 0 Å². The van der Waals surface area contributed by atoms with Gasteiger partial charge in [-0.15, -0.1) is 11.3 Å². The van der Waals surface area contributed by atoms with Gasteiger partial charge in [-0.2, -0.15) is 0 Å². The average Bonchev–Trinajstić information content (AvgIpc) is 2.88. The lowest BCUT2D eigenvalue weighted by atomic mass is 9.98. The van der Waals surface area contributed by atoms with Crippen LogP contribution in [0.4, 0.5) is 0 Å². The van der Waals surface area contributed by atoms with E-state index in [4.69, 9.17) is 10.5 Å². The van der Waals surface area contributed by atoms with Crippen molar-refractivity contribution in [1.82, 2.24) is 9.88 Å². The molecule has 1 amide bonds. The summed E-state index contributed by atoms with van der Waals surface area (Å²) in [5.74, 6) is 0.607. The number of hydrogen-bond donors (Lipinski definition) is 1. The fourth-order valence-electron chi connectivity index (χ4n) is 2.20. The van der Waals surface area contributed by atoms with Gasteiger partial charge in [0.25, 0.3) is 5.91 Å². The largest absolute Gasteiger partial charge is 0.384 e. The van der Waals surface area contributed by atoms with Gasteiger partial charge in [-0.05, 0) is 18.8 Å². The van der Waals surface area contributed by atoms with Crippen molar-refractivity contribution in [2.75, 3.05) is 26.8 Å². The number of amides is 1. The van der Waals surface area contributed by atoms with Crippen LogP contribution in [-0.2, 0) is 11.3 Å². The Morgan fingerprint density at radius 3 is 2.89 bits per heavy atom. The van der Waals surface area contributed by atoms with Crippen LogP contribution in [-0.4, -0.2) is 42.6 Å². The third-order valence-corrected chi connectivity index (χ3v) is 4.12. The minimum absolute atomic E-state index is 0.0295. The molecule has 100 valence electrons. The molecule has 0 bridgehead atoms. The summed E-state index contributed by atoms with van der Waals surface area (Å²) in [6.45, 7) is 2.77. The minimum Gasteiger partial charge on any atom is -0.384 e. The maximum Gasteiger partial charge on any atom is 0.273 e. The van der Waals surface area contributed by atoms with Crippen molar-refractivity contribution in [2.24, 2.45) is 11.7 Å². The van der Waals surface area contributed by atoms with Crippen molar-refractivity contribution in [3.63, 3.8) is 0 Å².